The number of nitrogens with one attached hydrogen (secondary N) is 1. The number of anilines is 1. The zero-order chi connectivity index (χ0) is 18.0. The van der Waals surface area contributed by atoms with Gasteiger partial charge in [0.15, 0.2) is 5.82 Å². The summed E-state index contributed by atoms with van der Waals surface area (Å²) in [6, 6.07) is 9.58. The molecule has 0 bridgehead atoms. The van der Waals surface area contributed by atoms with Gasteiger partial charge in [0, 0.05) is 18.5 Å². The second-order valence-electron chi connectivity index (χ2n) is 6.09. The molecular weight excluding hydrogens is 338 g/mol. The molecule has 1 unspecified atom stereocenters. The molecular formula is C18H20ClN5O. The maximum atomic E-state index is 12.4. The minimum atomic E-state index is -0.478. The maximum absolute atomic E-state index is 12.4. The fourth-order valence-electron chi connectivity index (χ4n) is 2.41. The Balaban J connectivity index is 1.64. The van der Waals surface area contributed by atoms with E-state index in [1.807, 2.05) is 6.20 Å². The maximum Gasteiger partial charge on any atom is 0.250 e. The summed E-state index contributed by atoms with van der Waals surface area (Å²) in [5, 5.41) is 12.0. The molecule has 3 aromatic rings. The molecule has 1 amide bonds. The van der Waals surface area contributed by atoms with Crippen molar-refractivity contribution in [2.45, 2.75) is 33.4 Å². The zero-order valence-corrected chi connectivity index (χ0v) is 15.2. The Morgan fingerprint density at radius 3 is 2.56 bits per heavy atom. The number of carbonyl (C=O) groups is 1. The molecule has 1 N–H and O–H groups in total. The average Bonchev–Trinajstić information content (AvgIpc) is 3.15. The first-order valence-corrected chi connectivity index (χ1v) is 8.41. The number of nitrogens with zero attached hydrogens (tertiary/aromatic N) is 4. The van der Waals surface area contributed by atoms with Crippen LogP contribution in [0.2, 0.25) is 5.02 Å². The normalized spacial score (nSPS) is 12.2. The summed E-state index contributed by atoms with van der Waals surface area (Å²) in [6.45, 7) is 6.28. The first-order valence-electron chi connectivity index (χ1n) is 8.03. The van der Waals surface area contributed by atoms with Gasteiger partial charge in [-0.25, -0.2) is 0 Å². The third-order valence-electron chi connectivity index (χ3n) is 3.99. The molecule has 0 aliphatic heterocycles. The molecule has 0 saturated heterocycles. The lowest BCUT2D eigenvalue weighted by Gasteiger charge is -2.11. The van der Waals surface area contributed by atoms with Gasteiger partial charge in [0.05, 0.1) is 17.3 Å². The number of hydrogen-bond donors (Lipinski definition) is 1. The molecule has 6 nitrogen and oxygen atoms in total. The molecule has 25 heavy (non-hydrogen) atoms. The van der Waals surface area contributed by atoms with Gasteiger partial charge in [-0.15, -0.1) is 0 Å². The van der Waals surface area contributed by atoms with E-state index in [0.29, 0.717) is 23.1 Å². The summed E-state index contributed by atoms with van der Waals surface area (Å²) in [7, 11) is 0. The molecule has 1 atom stereocenters. The van der Waals surface area contributed by atoms with Gasteiger partial charge in [0.2, 0.25) is 5.91 Å². The summed E-state index contributed by atoms with van der Waals surface area (Å²) >= 11 is 6.00. The Kier molecular flexibility index (Phi) is 4.90. The van der Waals surface area contributed by atoms with Gasteiger partial charge in [-0.2, -0.15) is 10.2 Å². The SMILES string of the molecule is Cc1ccc(Cn2ccc(NC(=O)C(C)n3cc(Cl)c(C)n3)n2)cc1. The summed E-state index contributed by atoms with van der Waals surface area (Å²) in [4.78, 5) is 12.4. The zero-order valence-electron chi connectivity index (χ0n) is 14.4. The van der Waals surface area contributed by atoms with Crippen molar-refractivity contribution < 1.29 is 4.79 Å². The van der Waals surface area contributed by atoms with Crippen LogP contribution in [0.1, 0.15) is 29.8 Å². The minimum absolute atomic E-state index is 0.195. The van der Waals surface area contributed by atoms with Crippen molar-refractivity contribution in [3.63, 3.8) is 0 Å². The molecule has 0 fully saturated rings. The Morgan fingerprint density at radius 2 is 1.92 bits per heavy atom. The number of aryl methyl sites for hydroxylation is 2. The van der Waals surface area contributed by atoms with E-state index in [-0.39, 0.29) is 5.91 Å². The van der Waals surface area contributed by atoms with E-state index in [4.69, 9.17) is 11.6 Å². The predicted molar refractivity (Wildman–Crippen MR) is 97.8 cm³/mol. The molecule has 0 spiro atoms. The number of aromatic nitrogens is 4. The van der Waals surface area contributed by atoms with Crippen molar-refractivity contribution in [1.82, 2.24) is 19.6 Å². The first kappa shape index (κ1) is 17.2. The third-order valence-corrected chi connectivity index (χ3v) is 4.36. The van der Waals surface area contributed by atoms with Gasteiger partial charge in [0.1, 0.15) is 6.04 Å². The monoisotopic (exact) mass is 357 g/mol. The van der Waals surface area contributed by atoms with Crippen LogP contribution in [0.3, 0.4) is 0 Å². The van der Waals surface area contributed by atoms with E-state index in [2.05, 4.69) is 46.7 Å². The highest BCUT2D eigenvalue weighted by Gasteiger charge is 2.18. The molecule has 0 radical (unpaired) electrons. The van der Waals surface area contributed by atoms with Crippen LogP contribution in [0.5, 0.6) is 0 Å². The molecule has 0 aliphatic carbocycles. The number of halogens is 1. The fraction of sp³-hybridized carbons (Fsp3) is 0.278. The molecule has 2 aromatic heterocycles. The highest BCUT2D eigenvalue weighted by Crippen LogP contribution is 2.17. The largest absolute Gasteiger partial charge is 0.307 e. The Bertz CT molecular complexity index is 862. The van der Waals surface area contributed by atoms with Gasteiger partial charge < -0.3 is 5.32 Å². The van der Waals surface area contributed by atoms with Crippen LogP contribution in [0.4, 0.5) is 5.82 Å². The summed E-state index contributed by atoms with van der Waals surface area (Å²) in [5.41, 5.74) is 3.07. The average molecular weight is 358 g/mol. The Labute approximate surface area is 151 Å². The highest BCUT2D eigenvalue weighted by atomic mass is 35.5. The molecule has 2 heterocycles. The lowest BCUT2D eigenvalue weighted by molar-refractivity contribution is -0.119. The standard InChI is InChI=1S/C18H20ClN5O/c1-12-4-6-15(7-5-12)10-23-9-8-17(22-23)20-18(25)14(3)24-11-16(19)13(2)21-24/h4-9,11,14H,10H2,1-3H3,(H,20,22,25). The van der Waals surface area contributed by atoms with Gasteiger partial charge in [-0.1, -0.05) is 41.4 Å². The van der Waals surface area contributed by atoms with Gasteiger partial charge in [-0.3, -0.25) is 14.2 Å². The van der Waals surface area contributed by atoms with E-state index in [1.165, 1.54) is 5.56 Å². The molecule has 1 aromatic carbocycles. The summed E-state index contributed by atoms with van der Waals surface area (Å²) in [6.07, 6.45) is 3.49. The van der Waals surface area contributed by atoms with Crippen LogP contribution >= 0.6 is 11.6 Å². The number of rotatable bonds is 5. The van der Waals surface area contributed by atoms with E-state index in [9.17, 15) is 4.79 Å². The van der Waals surface area contributed by atoms with Crippen molar-refractivity contribution in [1.29, 1.82) is 0 Å². The predicted octanol–water partition coefficient (Wildman–Crippen LogP) is 3.60. The van der Waals surface area contributed by atoms with Crippen molar-refractivity contribution in [2.75, 3.05) is 5.32 Å². The highest BCUT2D eigenvalue weighted by molar-refractivity contribution is 6.31. The van der Waals surface area contributed by atoms with E-state index in [0.717, 1.165) is 5.56 Å². The second-order valence-corrected chi connectivity index (χ2v) is 6.50. The first-order chi connectivity index (χ1) is 11.9. The molecule has 0 aliphatic rings. The van der Waals surface area contributed by atoms with Crippen LogP contribution < -0.4 is 5.32 Å². The van der Waals surface area contributed by atoms with E-state index in [1.54, 1.807) is 35.5 Å². The molecule has 3 rings (SSSR count). The molecule has 7 heteroatoms. The molecule has 0 saturated carbocycles. The van der Waals surface area contributed by atoms with Crippen molar-refractivity contribution >= 4 is 23.3 Å². The van der Waals surface area contributed by atoms with Gasteiger partial charge >= 0.3 is 0 Å². The fourth-order valence-corrected chi connectivity index (χ4v) is 2.54. The van der Waals surface area contributed by atoms with Crippen molar-refractivity contribution in [3.05, 3.63) is 64.6 Å². The number of carbonyl (C=O) groups excluding carboxylic acids is 1. The lowest BCUT2D eigenvalue weighted by atomic mass is 10.1. The third kappa shape index (κ3) is 4.09. The summed E-state index contributed by atoms with van der Waals surface area (Å²) < 4.78 is 3.34. The molecule has 130 valence electrons. The second kappa shape index (κ2) is 7.11. The number of hydrogen-bond acceptors (Lipinski definition) is 3. The van der Waals surface area contributed by atoms with Crippen LogP contribution in [-0.2, 0) is 11.3 Å². The van der Waals surface area contributed by atoms with Crippen LogP contribution in [-0.4, -0.2) is 25.5 Å². The van der Waals surface area contributed by atoms with Gasteiger partial charge in [0.25, 0.3) is 0 Å². The lowest BCUT2D eigenvalue weighted by Crippen LogP contribution is -2.24. The van der Waals surface area contributed by atoms with Crippen molar-refractivity contribution in [2.24, 2.45) is 0 Å². The van der Waals surface area contributed by atoms with E-state index < -0.39 is 6.04 Å². The van der Waals surface area contributed by atoms with Crippen LogP contribution in [0, 0.1) is 13.8 Å². The van der Waals surface area contributed by atoms with Gasteiger partial charge in [-0.05, 0) is 26.3 Å². The van der Waals surface area contributed by atoms with Crippen LogP contribution in [0.15, 0.2) is 42.7 Å². The quantitative estimate of drug-likeness (QED) is 0.758. The number of benzene rings is 1. The Morgan fingerprint density at radius 1 is 1.20 bits per heavy atom. The minimum Gasteiger partial charge on any atom is -0.307 e. The van der Waals surface area contributed by atoms with E-state index >= 15 is 0 Å². The summed E-state index contributed by atoms with van der Waals surface area (Å²) in [5.74, 6) is 0.318. The van der Waals surface area contributed by atoms with Crippen LogP contribution in [0.25, 0.3) is 0 Å². The number of amides is 1. The smallest absolute Gasteiger partial charge is 0.250 e. The Hall–Kier alpha value is -2.60. The topological polar surface area (TPSA) is 64.7 Å². The van der Waals surface area contributed by atoms with Crippen molar-refractivity contribution in [3.8, 4) is 0 Å².